The van der Waals surface area contributed by atoms with E-state index in [9.17, 15) is 4.79 Å². The van der Waals surface area contributed by atoms with Crippen molar-refractivity contribution in [3.8, 4) is 6.07 Å². The number of rotatable bonds is 3. The van der Waals surface area contributed by atoms with E-state index in [0.717, 1.165) is 0 Å². The topological polar surface area (TPSA) is 50.1 Å². The molecule has 84 valence electrons. The maximum Gasteiger partial charge on any atom is 0.327 e. The zero-order valence-corrected chi connectivity index (χ0v) is 10.9. The van der Waals surface area contributed by atoms with Crippen LogP contribution >= 0.6 is 27.5 Å². The van der Waals surface area contributed by atoms with Crippen molar-refractivity contribution in [2.75, 3.05) is 6.61 Å². The van der Waals surface area contributed by atoms with Crippen molar-refractivity contribution in [1.29, 1.82) is 5.26 Å². The van der Waals surface area contributed by atoms with Gasteiger partial charge in [-0.1, -0.05) is 23.7 Å². The van der Waals surface area contributed by atoms with Crippen molar-refractivity contribution in [1.82, 2.24) is 0 Å². The fourth-order valence-corrected chi connectivity index (χ4v) is 1.89. The highest BCUT2D eigenvalue weighted by Gasteiger charge is 2.24. The molecule has 0 fully saturated rings. The first-order valence-electron chi connectivity index (χ1n) is 4.62. The molecule has 1 unspecified atom stereocenters. The molecule has 1 atom stereocenters. The summed E-state index contributed by atoms with van der Waals surface area (Å²) >= 11 is 9.14. The van der Waals surface area contributed by atoms with Gasteiger partial charge in [-0.15, -0.1) is 0 Å². The van der Waals surface area contributed by atoms with E-state index >= 15 is 0 Å². The van der Waals surface area contributed by atoms with Crippen LogP contribution in [0.4, 0.5) is 0 Å². The summed E-state index contributed by atoms with van der Waals surface area (Å²) in [6.07, 6.45) is 0. The van der Waals surface area contributed by atoms with E-state index in [0.29, 0.717) is 15.1 Å². The lowest BCUT2D eigenvalue weighted by Crippen LogP contribution is -2.14. The van der Waals surface area contributed by atoms with Gasteiger partial charge in [-0.3, -0.25) is 4.79 Å². The van der Waals surface area contributed by atoms with Gasteiger partial charge in [0, 0.05) is 4.47 Å². The van der Waals surface area contributed by atoms with Crippen LogP contribution < -0.4 is 0 Å². The van der Waals surface area contributed by atoms with E-state index in [1.54, 1.807) is 25.1 Å². The second-order valence-corrected chi connectivity index (χ2v) is 4.16. The molecule has 16 heavy (non-hydrogen) atoms. The number of halogens is 2. The van der Waals surface area contributed by atoms with E-state index in [1.165, 1.54) is 0 Å². The average Bonchev–Trinajstić information content (AvgIpc) is 2.25. The molecule has 0 aromatic heterocycles. The Balaban J connectivity index is 3.10. The lowest BCUT2D eigenvalue weighted by molar-refractivity contribution is -0.143. The zero-order valence-electron chi connectivity index (χ0n) is 8.54. The van der Waals surface area contributed by atoms with Gasteiger partial charge in [0.25, 0.3) is 0 Å². The third-order valence-electron chi connectivity index (χ3n) is 1.94. The first-order valence-corrected chi connectivity index (χ1v) is 5.79. The Kier molecular flexibility index (Phi) is 4.78. The fraction of sp³-hybridized carbons (Fsp3) is 0.273. The van der Waals surface area contributed by atoms with Crippen molar-refractivity contribution in [2.45, 2.75) is 12.8 Å². The molecule has 0 N–H and O–H groups in total. The molecular formula is C11H9BrClNO2. The second kappa shape index (κ2) is 5.88. The highest BCUT2D eigenvalue weighted by atomic mass is 79.9. The summed E-state index contributed by atoms with van der Waals surface area (Å²) in [6.45, 7) is 1.94. The van der Waals surface area contributed by atoms with Gasteiger partial charge in [0.2, 0.25) is 0 Å². The Morgan fingerprint density at radius 3 is 2.94 bits per heavy atom. The smallest absolute Gasteiger partial charge is 0.327 e. The first-order chi connectivity index (χ1) is 7.61. The molecule has 5 heteroatoms. The van der Waals surface area contributed by atoms with Crippen molar-refractivity contribution < 1.29 is 9.53 Å². The molecule has 0 aliphatic rings. The minimum atomic E-state index is -0.951. The van der Waals surface area contributed by atoms with Crippen LogP contribution in [0.15, 0.2) is 22.7 Å². The van der Waals surface area contributed by atoms with Crippen LogP contribution in [0.1, 0.15) is 18.4 Å². The Hall–Kier alpha value is -1.05. The monoisotopic (exact) mass is 301 g/mol. The lowest BCUT2D eigenvalue weighted by Gasteiger charge is -2.11. The maximum absolute atomic E-state index is 11.5. The van der Waals surface area contributed by atoms with Gasteiger partial charge in [0.1, 0.15) is 0 Å². The summed E-state index contributed by atoms with van der Waals surface area (Å²) in [7, 11) is 0. The standard InChI is InChI=1S/C11H9BrClNO2/c1-2-16-11(15)8(6-14)7-4-3-5-9(13)10(7)12/h3-5,8H,2H2,1H3. The quantitative estimate of drug-likeness (QED) is 0.805. The van der Waals surface area contributed by atoms with E-state index in [-0.39, 0.29) is 6.61 Å². The summed E-state index contributed by atoms with van der Waals surface area (Å²) in [5.41, 5.74) is 0.522. The summed E-state index contributed by atoms with van der Waals surface area (Å²) in [5.74, 6) is -1.51. The van der Waals surface area contributed by atoms with E-state index in [2.05, 4.69) is 15.9 Å². The van der Waals surface area contributed by atoms with Crippen LogP contribution in [0.25, 0.3) is 0 Å². The van der Waals surface area contributed by atoms with Crippen molar-refractivity contribution in [2.24, 2.45) is 0 Å². The number of nitrogens with zero attached hydrogens (tertiary/aromatic N) is 1. The highest BCUT2D eigenvalue weighted by molar-refractivity contribution is 9.10. The Morgan fingerprint density at radius 2 is 2.38 bits per heavy atom. The van der Waals surface area contributed by atoms with Crippen molar-refractivity contribution in [3.05, 3.63) is 33.3 Å². The number of carbonyl (C=O) groups excluding carboxylic acids is 1. The molecule has 1 aromatic rings. The maximum atomic E-state index is 11.5. The predicted octanol–water partition coefficient (Wildman–Crippen LogP) is 3.27. The molecule has 1 rings (SSSR count). The molecule has 0 amide bonds. The number of nitriles is 1. The Bertz CT molecular complexity index is 442. The molecule has 0 bridgehead atoms. The van der Waals surface area contributed by atoms with E-state index < -0.39 is 11.9 Å². The van der Waals surface area contributed by atoms with Crippen LogP contribution in [0.3, 0.4) is 0 Å². The third kappa shape index (κ3) is 2.75. The summed E-state index contributed by atoms with van der Waals surface area (Å²) < 4.78 is 5.37. The van der Waals surface area contributed by atoms with Crippen LogP contribution in [0.5, 0.6) is 0 Å². The summed E-state index contributed by atoms with van der Waals surface area (Å²) in [4.78, 5) is 11.5. The number of carbonyl (C=O) groups is 1. The van der Waals surface area contributed by atoms with Crippen LogP contribution in [-0.4, -0.2) is 12.6 Å². The van der Waals surface area contributed by atoms with Gasteiger partial charge in [-0.25, -0.2) is 0 Å². The van der Waals surface area contributed by atoms with E-state index in [1.807, 2.05) is 6.07 Å². The molecular weight excluding hydrogens is 293 g/mol. The molecule has 1 aromatic carbocycles. The van der Waals surface area contributed by atoms with Gasteiger partial charge in [0.15, 0.2) is 5.92 Å². The fourth-order valence-electron chi connectivity index (χ4n) is 1.22. The van der Waals surface area contributed by atoms with Gasteiger partial charge in [-0.05, 0) is 34.5 Å². The molecule has 0 spiro atoms. The average molecular weight is 303 g/mol. The number of benzene rings is 1. The number of ether oxygens (including phenoxy) is 1. The molecule has 0 saturated carbocycles. The number of esters is 1. The number of hydrogen-bond acceptors (Lipinski definition) is 3. The van der Waals surface area contributed by atoms with Crippen LogP contribution in [0.2, 0.25) is 5.02 Å². The lowest BCUT2D eigenvalue weighted by atomic mass is 10.0. The molecule has 0 saturated heterocycles. The largest absolute Gasteiger partial charge is 0.465 e. The third-order valence-corrected chi connectivity index (χ3v) is 3.37. The van der Waals surface area contributed by atoms with Gasteiger partial charge >= 0.3 is 5.97 Å². The summed E-state index contributed by atoms with van der Waals surface area (Å²) in [5, 5.41) is 9.44. The molecule has 3 nitrogen and oxygen atoms in total. The minimum Gasteiger partial charge on any atom is -0.465 e. The SMILES string of the molecule is CCOC(=O)C(C#N)c1cccc(Cl)c1Br. The van der Waals surface area contributed by atoms with Gasteiger partial charge < -0.3 is 4.74 Å². The predicted molar refractivity (Wildman–Crippen MR) is 64.1 cm³/mol. The summed E-state index contributed by atoms with van der Waals surface area (Å²) in [6, 6.07) is 6.94. The normalized spacial score (nSPS) is 11.6. The first kappa shape index (κ1) is 13.0. The molecule has 0 radical (unpaired) electrons. The van der Waals surface area contributed by atoms with Crippen LogP contribution in [0, 0.1) is 11.3 Å². The van der Waals surface area contributed by atoms with E-state index in [4.69, 9.17) is 21.6 Å². The Labute approximate surface area is 107 Å². The molecule has 0 aliphatic carbocycles. The zero-order chi connectivity index (χ0) is 12.1. The van der Waals surface area contributed by atoms with Crippen molar-refractivity contribution >= 4 is 33.5 Å². The molecule has 0 heterocycles. The Morgan fingerprint density at radius 1 is 1.69 bits per heavy atom. The van der Waals surface area contributed by atoms with Gasteiger partial charge in [-0.2, -0.15) is 5.26 Å². The molecule has 0 aliphatic heterocycles. The second-order valence-electron chi connectivity index (χ2n) is 2.96. The minimum absolute atomic E-state index is 0.245. The van der Waals surface area contributed by atoms with Gasteiger partial charge in [0.05, 0.1) is 17.7 Å². The van der Waals surface area contributed by atoms with Crippen molar-refractivity contribution in [3.63, 3.8) is 0 Å². The highest BCUT2D eigenvalue weighted by Crippen LogP contribution is 2.31. The van der Waals surface area contributed by atoms with Crippen LogP contribution in [-0.2, 0) is 9.53 Å². The number of hydrogen-bond donors (Lipinski definition) is 0.